The fourth-order valence-corrected chi connectivity index (χ4v) is 4.58. The normalized spacial score (nSPS) is 20.2. The highest BCUT2D eigenvalue weighted by Crippen LogP contribution is 2.50. The molecule has 3 heterocycles. The molecule has 2 aliphatic rings. The molecule has 0 amide bonds. The summed E-state index contributed by atoms with van der Waals surface area (Å²) in [6.07, 6.45) is 0.614. The Labute approximate surface area is 169 Å². The van der Waals surface area contributed by atoms with Crippen LogP contribution in [-0.4, -0.2) is 17.3 Å². The van der Waals surface area contributed by atoms with E-state index in [-0.39, 0.29) is 12.3 Å². The first-order valence-electron chi connectivity index (χ1n) is 9.62. The summed E-state index contributed by atoms with van der Waals surface area (Å²) < 4.78 is 12.3. The minimum Gasteiger partial charge on any atom is -0.490 e. The summed E-state index contributed by atoms with van der Waals surface area (Å²) in [4.78, 5) is 0. The Hall–Kier alpha value is -2.79. The van der Waals surface area contributed by atoms with Crippen LogP contribution in [0.2, 0.25) is 0 Å². The molecule has 3 aromatic rings. The summed E-state index contributed by atoms with van der Waals surface area (Å²) >= 11 is 1.68. The molecule has 0 bridgehead atoms. The van der Waals surface area contributed by atoms with Gasteiger partial charge in [0.1, 0.15) is 0 Å². The average molecular weight is 391 g/mol. The van der Waals surface area contributed by atoms with Crippen LogP contribution in [0.3, 0.4) is 0 Å². The van der Waals surface area contributed by atoms with Crippen molar-refractivity contribution in [3.05, 3.63) is 81.5 Å². The van der Waals surface area contributed by atoms with E-state index in [1.165, 1.54) is 11.1 Å². The zero-order valence-corrected chi connectivity index (χ0v) is 16.8. The van der Waals surface area contributed by atoms with Gasteiger partial charge in [0.15, 0.2) is 11.5 Å². The van der Waals surface area contributed by atoms with E-state index in [0.29, 0.717) is 6.61 Å². The standard InChI is InChI=1S/C23H22N2O2S/c1-3-26-21-6-4-5-18-20-13-19(16-9-7-15(2)8-10-16)24-25(20)23(27-22(18)21)17-11-12-28-14-17/h4-12,14,20,23H,3,13H2,1-2H3. The van der Waals surface area contributed by atoms with Gasteiger partial charge in [0.05, 0.1) is 18.4 Å². The van der Waals surface area contributed by atoms with Gasteiger partial charge in [-0.25, -0.2) is 5.01 Å². The molecular weight excluding hydrogens is 368 g/mol. The molecule has 2 aromatic carbocycles. The zero-order valence-electron chi connectivity index (χ0n) is 16.0. The van der Waals surface area contributed by atoms with E-state index >= 15 is 0 Å². The van der Waals surface area contributed by atoms with Crippen LogP contribution in [0.5, 0.6) is 11.5 Å². The Bertz CT molecular complexity index is 1010. The van der Waals surface area contributed by atoms with Gasteiger partial charge in [-0.3, -0.25) is 0 Å². The molecule has 5 heteroatoms. The van der Waals surface area contributed by atoms with Crippen molar-refractivity contribution in [2.75, 3.05) is 6.61 Å². The van der Waals surface area contributed by atoms with Crippen molar-refractivity contribution in [2.45, 2.75) is 32.5 Å². The Morgan fingerprint density at radius 3 is 2.79 bits per heavy atom. The predicted molar refractivity (Wildman–Crippen MR) is 112 cm³/mol. The lowest BCUT2D eigenvalue weighted by Crippen LogP contribution is -2.33. The highest BCUT2D eigenvalue weighted by atomic mass is 32.1. The minimum atomic E-state index is -0.242. The van der Waals surface area contributed by atoms with E-state index < -0.39 is 0 Å². The molecule has 28 heavy (non-hydrogen) atoms. The molecule has 0 N–H and O–H groups in total. The third kappa shape index (κ3) is 2.87. The molecule has 5 rings (SSSR count). The third-order valence-electron chi connectivity index (χ3n) is 5.29. The topological polar surface area (TPSA) is 34.1 Å². The van der Waals surface area contributed by atoms with E-state index in [1.54, 1.807) is 11.3 Å². The Morgan fingerprint density at radius 2 is 2.04 bits per heavy atom. The van der Waals surface area contributed by atoms with Gasteiger partial charge < -0.3 is 9.47 Å². The van der Waals surface area contributed by atoms with Crippen LogP contribution in [0.4, 0.5) is 0 Å². The molecule has 0 saturated heterocycles. The van der Waals surface area contributed by atoms with Crippen LogP contribution >= 0.6 is 11.3 Å². The molecule has 0 radical (unpaired) electrons. The first kappa shape index (κ1) is 17.3. The number of nitrogens with zero attached hydrogens (tertiary/aromatic N) is 2. The summed E-state index contributed by atoms with van der Waals surface area (Å²) in [5.41, 5.74) is 5.80. The summed E-state index contributed by atoms with van der Waals surface area (Å²) in [6.45, 7) is 4.72. The lowest BCUT2D eigenvalue weighted by atomic mass is 9.95. The molecule has 1 aromatic heterocycles. The molecule has 0 saturated carbocycles. The first-order valence-corrected chi connectivity index (χ1v) is 10.6. The highest BCUT2D eigenvalue weighted by molar-refractivity contribution is 7.07. The molecule has 0 aliphatic carbocycles. The van der Waals surface area contributed by atoms with Crippen molar-refractivity contribution in [1.82, 2.24) is 5.01 Å². The molecule has 2 aliphatic heterocycles. The van der Waals surface area contributed by atoms with Crippen molar-refractivity contribution in [2.24, 2.45) is 5.10 Å². The molecule has 4 nitrogen and oxygen atoms in total. The first-order chi connectivity index (χ1) is 13.7. The van der Waals surface area contributed by atoms with E-state index in [0.717, 1.165) is 34.8 Å². The zero-order chi connectivity index (χ0) is 19.1. The van der Waals surface area contributed by atoms with E-state index in [9.17, 15) is 0 Å². The second kappa shape index (κ2) is 6.99. The lowest BCUT2D eigenvalue weighted by Gasteiger charge is -2.38. The summed E-state index contributed by atoms with van der Waals surface area (Å²) in [5.74, 6) is 1.66. The SMILES string of the molecule is CCOc1cccc2c1OC(c1ccsc1)N1N=C(c3ccc(C)cc3)CC21. The molecule has 0 spiro atoms. The second-order valence-corrected chi connectivity index (χ2v) is 7.93. The fraction of sp³-hybridized carbons (Fsp3) is 0.261. The Balaban J connectivity index is 1.59. The summed E-state index contributed by atoms with van der Waals surface area (Å²) in [7, 11) is 0. The number of thiophene rings is 1. The van der Waals surface area contributed by atoms with Crippen LogP contribution in [0.25, 0.3) is 0 Å². The molecular formula is C23H22N2O2S. The number of aryl methyl sites for hydroxylation is 1. The average Bonchev–Trinajstić information content (AvgIpc) is 3.39. The van der Waals surface area contributed by atoms with Gasteiger partial charge in [-0.1, -0.05) is 42.0 Å². The van der Waals surface area contributed by atoms with Gasteiger partial charge in [-0.2, -0.15) is 16.4 Å². The van der Waals surface area contributed by atoms with Crippen LogP contribution in [0, 0.1) is 6.92 Å². The number of para-hydroxylation sites is 1. The van der Waals surface area contributed by atoms with Gasteiger partial charge in [0.2, 0.25) is 6.23 Å². The number of hydrogen-bond acceptors (Lipinski definition) is 5. The Kier molecular flexibility index (Phi) is 4.32. The van der Waals surface area contributed by atoms with Gasteiger partial charge in [0, 0.05) is 17.5 Å². The number of benzene rings is 2. The Morgan fingerprint density at radius 1 is 1.18 bits per heavy atom. The maximum absolute atomic E-state index is 6.48. The highest BCUT2D eigenvalue weighted by Gasteiger charge is 2.42. The van der Waals surface area contributed by atoms with Crippen LogP contribution in [-0.2, 0) is 0 Å². The monoisotopic (exact) mass is 390 g/mol. The van der Waals surface area contributed by atoms with E-state index in [4.69, 9.17) is 14.6 Å². The van der Waals surface area contributed by atoms with Gasteiger partial charge in [-0.15, -0.1) is 0 Å². The van der Waals surface area contributed by atoms with Gasteiger partial charge in [0.25, 0.3) is 0 Å². The maximum Gasteiger partial charge on any atom is 0.214 e. The molecule has 2 atom stereocenters. The smallest absolute Gasteiger partial charge is 0.214 e. The van der Waals surface area contributed by atoms with Gasteiger partial charge >= 0.3 is 0 Å². The van der Waals surface area contributed by atoms with Crippen LogP contribution < -0.4 is 9.47 Å². The molecule has 142 valence electrons. The lowest BCUT2D eigenvalue weighted by molar-refractivity contribution is -0.0209. The van der Waals surface area contributed by atoms with E-state index in [1.807, 2.05) is 19.1 Å². The van der Waals surface area contributed by atoms with Crippen LogP contribution in [0.1, 0.15) is 47.9 Å². The number of fused-ring (bicyclic) bond motifs is 3. The number of rotatable bonds is 4. The fourth-order valence-electron chi connectivity index (χ4n) is 3.91. The summed E-state index contributed by atoms with van der Waals surface area (Å²) in [5, 5.41) is 11.3. The van der Waals surface area contributed by atoms with Crippen molar-refractivity contribution < 1.29 is 9.47 Å². The van der Waals surface area contributed by atoms with Gasteiger partial charge in [-0.05, 0) is 42.3 Å². The molecule has 2 unspecified atom stereocenters. The maximum atomic E-state index is 6.48. The largest absolute Gasteiger partial charge is 0.490 e. The number of hydrazone groups is 1. The van der Waals surface area contributed by atoms with Crippen molar-refractivity contribution in [1.29, 1.82) is 0 Å². The van der Waals surface area contributed by atoms with Crippen molar-refractivity contribution >= 4 is 17.0 Å². The third-order valence-corrected chi connectivity index (χ3v) is 5.99. The quantitative estimate of drug-likeness (QED) is 0.573. The number of ether oxygens (including phenoxy) is 2. The summed E-state index contributed by atoms with van der Waals surface area (Å²) in [6, 6.07) is 17.0. The predicted octanol–water partition coefficient (Wildman–Crippen LogP) is 5.70. The molecule has 0 fully saturated rings. The minimum absolute atomic E-state index is 0.144. The number of hydrogen-bond donors (Lipinski definition) is 0. The van der Waals surface area contributed by atoms with Crippen molar-refractivity contribution in [3.63, 3.8) is 0 Å². The second-order valence-electron chi connectivity index (χ2n) is 7.15. The van der Waals surface area contributed by atoms with E-state index in [2.05, 4.69) is 59.1 Å². The van der Waals surface area contributed by atoms with Crippen LogP contribution in [0.15, 0.2) is 64.4 Å². The van der Waals surface area contributed by atoms with Crippen molar-refractivity contribution in [3.8, 4) is 11.5 Å².